The minimum Gasteiger partial charge on any atom is -0.326 e. The predicted molar refractivity (Wildman–Crippen MR) is 101 cm³/mol. The van der Waals surface area contributed by atoms with E-state index in [0.29, 0.717) is 11.4 Å². The molecule has 1 atom stereocenters. The molecule has 2 aromatic rings. The van der Waals surface area contributed by atoms with Crippen molar-refractivity contribution in [3.05, 3.63) is 60.2 Å². The molecule has 0 bridgehead atoms. The van der Waals surface area contributed by atoms with Gasteiger partial charge in [-0.25, -0.2) is 0 Å². The number of benzene rings is 2. The zero-order valence-electron chi connectivity index (χ0n) is 15.0. The number of likely N-dealkylation sites (N-methyl/N-ethyl adjacent to an activating group) is 1. The van der Waals surface area contributed by atoms with Crippen LogP contribution in [-0.4, -0.2) is 29.8 Å². The van der Waals surface area contributed by atoms with Crippen molar-refractivity contribution in [2.24, 2.45) is 0 Å². The lowest BCUT2D eigenvalue weighted by atomic mass is 10.0. The van der Waals surface area contributed by atoms with E-state index in [1.54, 1.807) is 24.3 Å². The van der Waals surface area contributed by atoms with Crippen molar-refractivity contribution >= 4 is 23.2 Å². The maximum Gasteiger partial charge on any atom is 0.246 e. The first-order valence-corrected chi connectivity index (χ1v) is 8.52. The minimum absolute atomic E-state index is 0.0674. The number of anilines is 2. The Morgan fingerprint density at radius 1 is 0.880 bits per heavy atom. The SMILES string of the molecule is CCN(CC)[C@@H](C(=O)Nc1ccc(NC(C)=O)cc1)c1ccccc1. The topological polar surface area (TPSA) is 61.4 Å². The average Bonchev–Trinajstić information content (AvgIpc) is 2.61. The van der Waals surface area contributed by atoms with E-state index in [9.17, 15) is 9.59 Å². The van der Waals surface area contributed by atoms with Crippen molar-refractivity contribution < 1.29 is 9.59 Å². The highest BCUT2D eigenvalue weighted by Crippen LogP contribution is 2.23. The zero-order valence-corrected chi connectivity index (χ0v) is 15.0. The molecule has 0 unspecified atom stereocenters. The summed E-state index contributed by atoms with van der Waals surface area (Å²) in [7, 11) is 0. The molecular formula is C20H25N3O2. The van der Waals surface area contributed by atoms with Gasteiger partial charge < -0.3 is 10.6 Å². The molecule has 0 aliphatic heterocycles. The first-order valence-electron chi connectivity index (χ1n) is 8.52. The third-order valence-electron chi connectivity index (χ3n) is 4.01. The Bertz CT molecular complexity index is 695. The highest BCUT2D eigenvalue weighted by atomic mass is 16.2. The van der Waals surface area contributed by atoms with Crippen molar-refractivity contribution in [2.75, 3.05) is 23.7 Å². The van der Waals surface area contributed by atoms with Gasteiger partial charge >= 0.3 is 0 Å². The van der Waals surface area contributed by atoms with E-state index in [0.717, 1.165) is 18.7 Å². The van der Waals surface area contributed by atoms with Gasteiger partial charge in [-0.05, 0) is 42.9 Å². The Morgan fingerprint density at radius 3 is 1.88 bits per heavy atom. The van der Waals surface area contributed by atoms with Gasteiger partial charge in [-0.2, -0.15) is 0 Å². The summed E-state index contributed by atoms with van der Waals surface area (Å²) >= 11 is 0. The molecular weight excluding hydrogens is 314 g/mol. The Hall–Kier alpha value is -2.66. The monoisotopic (exact) mass is 339 g/mol. The molecule has 0 spiro atoms. The molecule has 0 aliphatic carbocycles. The summed E-state index contributed by atoms with van der Waals surface area (Å²) in [5.74, 6) is -0.190. The second kappa shape index (κ2) is 8.99. The molecule has 0 aliphatic rings. The van der Waals surface area contributed by atoms with Gasteiger partial charge in [0, 0.05) is 18.3 Å². The maximum absolute atomic E-state index is 12.9. The number of carbonyl (C=O) groups is 2. The summed E-state index contributed by atoms with van der Waals surface area (Å²) < 4.78 is 0. The number of carbonyl (C=O) groups excluding carboxylic acids is 2. The van der Waals surface area contributed by atoms with Crippen molar-refractivity contribution in [1.29, 1.82) is 0 Å². The van der Waals surface area contributed by atoms with Crippen LogP contribution in [0.15, 0.2) is 54.6 Å². The molecule has 0 fully saturated rings. The highest BCUT2D eigenvalue weighted by Gasteiger charge is 2.25. The van der Waals surface area contributed by atoms with Crippen molar-refractivity contribution in [3.63, 3.8) is 0 Å². The maximum atomic E-state index is 12.9. The number of rotatable bonds is 7. The normalized spacial score (nSPS) is 11.8. The fraction of sp³-hybridized carbons (Fsp3) is 0.300. The fourth-order valence-corrected chi connectivity index (χ4v) is 2.80. The lowest BCUT2D eigenvalue weighted by Crippen LogP contribution is -2.37. The summed E-state index contributed by atoms with van der Waals surface area (Å²) in [6.45, 7) is 7.13. The first kappa shape index (κ1) is 18.7. The highest BCUT2D eigenvalue weighted by molar-refractivity contribution is 5.96. The van der Waals surface area contributed by atoms with E-state index < -0.39 is 0 Å². The molecule has 0 saturated heterocycles. The molecule has 2 N–H and O–H groups in total. The number of hydrogen-bond donors (Lipinski definition) is 2. The van der Waals surface area contributed by atoms with Gasteiger partial charge in [0.15, 0.2) is 0 Å². The van der Waals surface area contributed by atoms with E-state index in [4.69, 9.17) is 0 Å². The van der Waals surface area contributed by atoms with Crippen molar-refractivity contribution in [1.82, 2.24) is 4.90 Å². The lowest BCUT2D eigenvalue weighted by Gasteiger charge is -2.29. The molecule has 25 heavy (non-hydrogen) atoms. The average molecular weight is 339 g/mol. The van der Waals surface area contributed by atoms with Crippen LogP contribution in [0.25, 0.3) is 0 Å². The zero-order chi connectivity index (χ0) is 18.2. The van der Waals surface area contributed by atoms with Crippen LogP contribution in [0.1, 0.15) is 32.4 Å². The van der Waals surface area contributed by atoms with Gasteiger partial charge in [0.1, 0.15) is 6.04 Å². The van der Waals surface area contributed by atoms with Gasteiger partial charge in [-0.3, -0.25) is 14.5 Å². The number of hydrogen-bond acceptors (Lipinski definition) is 3. The lowest BCUT2D eigenvalue weighted by molar-refractivity contribution is -0.121. The van der Waals surface area contributed by atoms with Gasteiger partial charge in [-0.15, -0.1) is 0 Å². The van der Waals surface area contributed by atoms with Crippen LogP contribution in [0.5, 0.6) is 0 Å². The summed E-state index contributed by atoms with van der Waals surface area (Å²) in [4.78, 5) is 26.1. The van der Waals surface area contributed by atoms with E-state index in [-0.39, 0.29) is 17.9 Å². The molecule has 5 heteroatoms. The van der Waals surface area contributed by atoms with Crippen LogP contribution in [0, 0.1) is 0 Å². The van der Waals surface area contributed by atoms with Gasteiger partial charge in [0.25, 0.3) is 0 Å². The first-order chi connectivity index (χ1) is 12.0. The Labute approximate surface area is 149 Å². The van der Waals surface area contributed by atoms with Crippen LogP contribution >= 0.6 is 0 Å². The molecule has 0 radical (unpaired) electrons. The van der Waals surface area contributed by atoms with E-state index >= 15 is 0 Å². The Balaban J connectivity index is 2.18. The van der Waals surface area contributed by atoms with Crippen LogP contribution in [0.4, 0.5) is 11.4 Å². The summed E-state index contributed by atoms with van der Waals surface area (Å²) in [6.07, 6.45) is 0. The third-order valence-corrected chi connectivity index (χ3v) is 4.01. The smallest absolute Gasteiger partial charge is 0.246 e. The van der Waals surface area contributed by atoms with E-state index in [2.05, 4.69) is 29.4 Å². The minimum atomic E-state index is -0.341. The number of nitrogens with zero attached hydrogens (tertiary/aromatic N) is 1. The van der Waals surface area contributed by atoms with Crippen LogP contribution < -0.4 is 10.6 Å². The summed E-state index contributed by atoms with van der Waals surface area (Å²) in [5.41, 5.74) is 2.37. The van der Waals surface area contributed by atoms with E-state index in [1.165, 1.54) is 6.92 Å². The quantitative estimate of drug-likeness (QED) is 0.809. The van der Waals surface area contributed by atoms with E-state index in [1.807, 2.05) is 30.3 Å². The number of nitrogens with one attached hydrogen (secondary N) is 2. The molecule has 0 heterocycles. The fourth-order valence-electron chi connectivity index (χ4n) is 2.80. The second-order valence-corrected chi connectivity index (χ2v) is 5.78. The van der Waals surface area contributed by atoms with Gasteiger partial charge in [-0.1, -0.05) is 44.2 Å². The number of amides is 2. The molecule has 132 valence electrons. The van der Waals surface area contributed by atoms with Crippen LogP contribution in [-0.2, 0) is 9.59 Å². The second-order valence-electron chi connectivity index (χ2n) is 5.78. The van der Waals surface area contributed by atoms with Gasteiger partial charge in [0.05, 0.1) is 0 Å². The molecule has 2 amide bonds. The third kappa shape index (κ3) is 5.16. The molecule has 0 aromatic heterocycles. The largest absolute Gasteiger partial charge is 0.326 e. The predicted octanol–water partition coefficient (Wildman–Crippen LogP) is 3.67. The van der Waals surface area contributed by atoms with Crippen LogP contribution in [0.2, 0.25) is 0 Å². The molecule has 5 nitrogen and oxygen atoms in total. The van der Waals surface area contributed by atoms with Gasteiger partial charge in [0.2, 0.25) is 11.8 Å². The molecule has 2 aromatic carbocycles. The standard InChI is InChI=1S/C20H25N3O2/c1-4-23(5-2)19(16-9-7-6-8-10-16)20(25)22-18-13-11-17(12-14-18)21-15(3)24/h6-14,19H,4-5H2,1-3H3,(H,21,24)(H,22,25)/t19-/m1/s1. The molecule has 0 saturated carbocycles. The summed E-state index contributed by atoms with van der Waals surface area (Å²) in [6, 6.07) is 16.6. The molecule has 2 rings (SSSR count). The van der Waals surface area contributed by atoms with Crippen molar-refractivity contribution in [3.8, 4) is 0 Å². The van der Waals surface area contributed by atoms with Crippen LogP contribution in [0.3, 0.4) is 0 Å². The summed E-state index contributed by atoms with van der Waals surface area (Å²) in [5, 5.41) is 5.69. The van der Waals surface area contributed by atoms with Crippen molar-refractivity contribution in [2.45, 2.75) is 26.8 Å². The Kier molecular flexibility index (Phi) is 6.71. The Morgan fingerprint density at radius 2 is 1.40 bits per heavy atom.